The van der Waals surface area contributed by atoms with Crippen LogP contribution < -0.4 is 14.2 Å². The Hall–Kier alpha value is -2.93. The molecule has 29 heavy (non-hydrogen) atoms. The molecule has 0 N–H and O–H groups in total. The summed E-state index contributed by atoms with van der Waals surface area (Å²) in [6.07, 6.45) is 0. The second-order valence-corrected chi connectivity index (χ2v) is 7.57. The third-order valence-electron chi connectivity index (χ3n) is 4.78. The second kappa shape index (κ2) is 7.83. The molecule has 0 atom stereocenters. The van der Waals surface area contributed by atoms with E-state index in [0.717, 1.165) is 11.1 Å². The lowest BCUT2D eigenvalue weighted by Crippen LogP contribution is -2.46. The number of methoxy groups -OCH3 is 3. The van der Waals surface area contributed by atoms with Gasteiger partial charge < -0.3 is 14.2 Å². The van der Waals surface area contributed by atoms with Crippen molar-refractivity contribution in [3.8, 4) is 17.2 Å². The summed E-state index contributed by atoms with van der Waals surface area (Å²) in [4.78, 5) is 20.1. The normalized spacial score (nSPS) is 15.2. The largest absolute Gasteiger partial charge is 0.493 e. The minimum atomic E-state index is -0.825. The molecule has 1 aliphatic rings. The Kier molecular flexibility index (Phi) is 5.61. The average molecular weight is 413 g/mol. The van der Waals surface area contributed by atoms with Crippen molar-refractivity contribution in [1.82, 2.24) is 4.90 Å². The van der Waals surface area contributed by atoms with E-state index >= 15 is 0 Å². The number of carbonyl (C=O) groups is 1. The van der Waals surface area contributed by atoms with Gasteiger partial charge >= 0.3 is 0 Å². The van der Waals surface area contributed by atoms with E-state index in [1.165, 1.54) is 26.2 Å². The number of hydrogen-bond donors (Lipinski definition) is 0. The summed E-state index contributed by atoms with van der Waals surface area (Å²) in [5.74, 6) is 0.937. The molecule has 0 saturated heterocycles. The molecule has 0 radical (unpaired) electrons. The Morgan fingerprint density at radius 3 is 2.03 bits per heavy atom. The molecule has 0 aliphatic carbocycles. The Balaban J connectivity index is 2.02. The van der Waals surface area contributed by atoms with E-state index in [-0.39, 0.29) is 5.91 Å². The van der Waals surface area contributed by atoms with Crippen LogP contribution in [0.4, 0.5) is 0 Å². The number of nitrogens with zero attached hydrogens (tertiary/aromatic N) is 2. The van der Waals surface area contributed by atoms with Gasteiger partial charge in [-0.2, -0.15) is 0 Å². The summed E-state index contributed by atoms with van der Waals surface area (Å²) in [5.41, 5.74) is 2.20. The minimum absolute atomic E-state index is 0.287. The summed E-state index contributed by atoms with van der Waals surface area (Å²) in [5, 5.41) is 0. The number of thiocarbonyl (C=S) groups is 1. The van der Waals surface area contributed by atoms with Crippen LogP contribution in [-0.2, 0) is 0 Å². The van der Waals surface area contributed by atoms with Gasteiger partial charge in [0.05, 0.1) is 21.3 Å². The number of carbonyl (C=O) groups excluding carboxylic acids is 1. The van der Waals surface area contributed by atoms with Gasteiger partial charge in [-0.05, 0) is 32.9 Å². The Morgan fingerprint density at radius 1 is 1.00 bits per heavy atom. The lowest BCUT2D eigenvalue weighted by molar-refractivity contribution is 0.0757. The number of hydrogen-bond acceptors (Lipinski definition) is 6. The molecule has 3 rings (SSSR count). The summed E-state index contributed by atoms with van der Waals surface area (Å²) in [7, 11) is 4.53. The average Bonchev–Trinajstić information content (AvgIpc) is 2.95. The van der Waals surface area contributed by atoms with Crippen molar-refractivity contribution in [2.24, 2.45) is 4.99 Å². The van der Waals surface area contributed by atoms with Gasteiger partial charge in [0.2, 0.25) is 5.75 Å². The summed E-state index contributed by atoms with van der Waals surface area (Å²) in [6, 6.07) is 11.2. The first-order valence-corrected chi connectivity index (χ1v) is 9.50. The molecule has 7 heteroatoms. The Bertz CT molecular complexity index is 971. The van der Waals surface area contributed by atoms with E-state index in [9.17, 15) is 4.79 Å². The molecule has 2 aromatic rings. The SMILES string of the molecule is COc1cc(C(=O)N2C(=S)C(c3ccc(C)cc3)=NC2(C)C)cc(OC)c1OC. The number of aliphatic imine (C=N–C) groups is 1. The van der Waals surface area contributed by atoms with Crippen LogP contribution >= 0.6 is 12.2 Å². The molecule has 2 aromatic carbocycles. The maximum Gasteiger partial charge on any atom is 0.261 e. The van der Waals surface area contributed by atoms with Crippen LogP contribution in [0.3, 0.4) is 0 Å². The molecule has 1 heterocycles. The minimum Gasteiger partial charge on any atom is -0.493 e. The van der Waals surface area contributed by atoms with E-state index in [0.29, 0.717) is 33.5 Å². The monoisotopic (exact) mass is 412 g/mol. The van der Waals surface area contributed by atoms with Gasteiger partial charge in [0.1, 0.15) is 16.4 Å². The highest BCUT2D eigenvalue weighted by molar-refractivity contribution is 7.82. The zero-order chi connectivity index (χ0) is 21.3. The first kappa shape index (κ1) is 20.8. The van der Waals surface area contributed by atoms with E-state index < -0.39 is 5.66 Å². The number of amides is 1. The fourth-order valence-electron chi connectivity index (χ4n) is 3.30. The fourth-order valence-corrected chi connectivity index (χ4v) is 3.77. The molecule has 6 nitrogen and oxygen atoms in total. The molecular formula is C22H24N2O4S. The van der Waals surface area contributed by atoms with Crippen LogP contribution in [0.2, 0.25) is 0 Å². The third-order valence-corrected chi connectivity index (χ3v) is 5.15. The molecule has 0 unspecified atom stereocenters. The van der Waals surface area contributed by atoms with Crippen molar-refractivity contribution in [3.05, 3.63) is 53.1 Å². The standard InChI is InChI=1S/C22H24N2O4S/c1-13-7-9-14(10-8-13)18-21(29)24(22(2,3)23-18)20(25)15-11-16(26-4)19(28-6)17(12-15)27-5/h7-12H,1-6H3. The van der Waals surface area contributed by atoms with E-state index in [2.05, 4.69) is 0 Å². The van der Waals surface area contributed by atoms with Crippen LogP contribution in [0.15, 0.2) is 41.4 Å². The lowest BCUT2D eigenvalue weighted by Gasteiger charge is -2.29. The molecular weight excluding hydrogens is 388 g/mol. The zero-order valence-electron chi connectivity index (χ0n) is 17.4. The smallest absolute Gasteiger partial charge is 0.261 e. The van der Waals surface area contributed by atoms with Gasteiger partial charge in [0.15, 0.2) is 11.5 Å². The van der Waals surface area contributed by atoms with Crippen LogP contribution in [0.5, 0.6) is 17.2 Å². The van der Waals surface area contributed by atoms with Crippen molar-refractivity contribution < 1.29 is 19.0 Å². The van der Waals surface area contributed by atoms with Gasteiger partial charge in [-0.1, -0.05) is 42.0 Å². The Labute approximate surface area is 176 Å². The third kappa shape index (κ3) is 3.70. The maximum absolute atomic E-state index is 13.5. The van der Waals surface area contributed by atoms with Crippen LogP contribution in [-0.4, -0.2) is 48.5 Å². The van der Waals surface area contributed by atoms with Crippen molar-refractivity contribution >= 4 is 28.8 Å². The van der Waals surface area contributed by atoms with E-state index in [4.69, 9.17) is 31.4 Å². The van der Waals surface area contributed by atoms with Gasteiger partial charge in [0.25, 0.3) is 5.91 Å². The molecule has 0 spiro atoms. The number of aryl methyl sites for hydroxylation is 1. The number of ether oxygens (including phenoxy) is 3. The predicted molar refractivity (Wildman–Crippen MR) is 117 cm³/mol. The summed E-state index contributed by atoms with van der Waals surface area (Å²) >= 11 is 5.66. The first-order chi connectivity index (χ1) is 13.7. The van der Waals surface area contributed by atoms with Crippen molar-refractivity contribution in [3.63, 3.8) is 0 Å². The molecule has 0 saturated carbocycles. The zero-order valence-corrected chi connectivity index (χ0v) is 18.2. The van der Waals surface area contributed by atoms with E-state index in [1.54, 1.807) is 12.1 Å². The maximum atomic E-state index is 13.5. The predicted octanol–water partition coefficient (Wildman–Crippen LogP) is 4.03. The quantitative estimate of drug-likeness (QED) is 0.694. The summed E-state index contributed by atoms with van der Waals surface area (Å²) in [6.45, 7) is 5.73. The highest BCUT2D eigenvalue weighted by Gasteiger charge is 2.42. The van der Waals surface area contributed by atoms with Crippen LogP contribution in [0.1, 0.15) is 35.3 Å². The van der Waals surface area contributed by atoms with Gasteiger partial charge in [-0.25, -0.2) is 0 Å². The van der Waals surface area contributed by atoms with Gasteiger partial charge in [-0.15, -0.1) is 0 Å². The molecule has 152 valence electrons. The van der Waals surface area contributed by atoms with E-state index in [1.807, 2.05) is 45.0 Å². The number of benzene rings is 2. The van der Waals surface area contributed by atoms with Crippen molar-refractivity contribution in [1.29, 1.82) is 0 Å². The number of rotatable bonds is 5. The van der Waals surface area contributed by atoms with Gasteiger partial charge in [0, 0.05) is 11.1 Å². The molecule has 0 bridgehead atoms. The summed E-state index contributed by atoms with van der Waals surface area (Å²) < 4.78 is 16.1. The lowest BCUT2D eigenvalue weighted by atomic mass is 10.1. The fraction of sp³-hybridized carbons (Fsp3) is 0.318. The molecule has 1 aliphatic heterocycles. The second-order valence-electron chi connectivity index (χ2n) is 7.18. The Morgan fingerprint density at radius 2 is 1.55 bits per heavy atom. The first-order valence-electron chi connectivity index (χ1n) is 9.09. The highest BCUT2D eigenvalue weighted by Crippen LogP contribution is 2.39. The topological polar surface area (TPSA) is 60.4 Å². The molecule has 1 amide bonds. The molecule has 0 aromatic heterocycles. The van der Waals surface area contributed by atoms with Gasteiger partial charge in [-0.3, -0.25) is 14.7 Å². The van der Waals surface area contributed by atoms with Crippen molar-refractivity contribution in [2.75, 3.05) is 21.3 Å². The highest BCUT2D eigenvalue weighted by atomic mass is 32.1. The molecule has 0 fully saturated rings. The van der Waals surface area contributed by atoms with Crippen molar-refractivity contribution in [2.45, 2.75) is 26.4 Å². The van der Waals surface area contributed by atoms with Crippen LogP contribution in [0.25, 0.3) is 0 Å². The van der Waals surface area contributed by atoms with Crippen LogP contribution in [0, 0.1) is 6.92 Å².